The van der Waals surface area contributed by atoms with Gasteiger partial charge in [0, 0.05) is 24.4 Å². The molecule has 1 atom stereocenters. The number of carbonyl (C=O) groups is 1. The summed E-state index contributed by atoms with van der Waals surface area (Å²) in [5.74, 6) is 0.456. The summed E-state index contributed by atoms with van der Waals surface area (Å²) in [6.45, 7) is 13.7. The molecule has 2 aliphatic rings. The summed E-state index contributed by atoms with van der Waals surface area (Å²) in [6.07, 6.45) is 3.12. The zero-order valence-electron chi connectivity index (χ0n) is 20.9. The van der Waals surface area contributed by atoms with E-state index in [0.29, 0.717) is 35.7 Å². The van der Waals surface area contributed by atoms with E-state index in [1.165, 1.54) is 23.0 Å². The maximum Gasteiger partial charge on any atom is 0.266 e. The molecule has 180 valence electrons. The summed E-state index contributed by atoms with van der Waals surface area (Å²) in [6, 6.07) is 16.4. The minimum atomic E-state index is -0.0125. The molecule has 0 bridgehead atoms. The molecule has 0 saturated carbocycles. The van der Waals surface area contributed by atoms with Crippen LogP contribution in [0.5, 0.6) is 0 Å². The number of ether oxygens (including phenoxy) is 1. The van der Waals surface area contributed by atoms with E-state index >= 15 is 0 Å². The van der Waals surface area contributed by atoms with Crippen LogP contribution >= 0.6 is 11.8 Å². The number of amidine groups is 1. The Hall–Kier alpha value is -2.57. The number of amides is 1. The van der Waals surface area contributed by atoms with Gasteiger partial charge in [-0.2, -0.15) is 0 Å². The van der Waals surface area contributed by atoms with Crippen LogP contribution in [0.3, 0.4) is 0 Å². The van der Waals surface area contributed by atoms with Crippen LogP contribution in [0.1, 0.15) is 58.1 Å². The molecular formula is C28H35N3O2S. The van der Waals surface area contributed by atoms with E-state index in [9.17, 15) is 4.79 Å². The van der Waals surface area contributed by atoms with Gasteiger partial charge in [0.25, 0.3) is 5.91 Å². The zero-order valence-corrected chi connectivity index (χ0v) is 21.7. The monoisotopic (exact) mass is 477 g/mol. The molecular weight excluding hydrogens is 442 g/mol. The van der Waals surface area contributed by atoms with Crippen molar-refractivity contribution < 1.29 is 9.53 Å². The molecule has 0 aromatic heterocycles. The van der Waals surface area contributed by atoms with E-state index in [0.717, 1.165) is 24.2 Å². The molecule has 2 aromatic carbocycles. The number of benzene rings is 2. The molecule has 4 rings (SSSR count). The standard InChI is InChI=1S/C28H35N3O2S/c1-6-31-24-14-13-21(17-23(24)20(3)19-28(31,4)5)18-25-26(32)30(15-16-33-7-2)27(34-25)29-22-11-9-8-10-12-22/h8-14,17-18,20H,6-7,15-16,19H2,1-5H3/b25-18+,29-27?. The number of fused-ring (bicyclic) bond motifs is 1. The Morgan fingerprint density at radius 2 is 1.94 bits per heavy atom. The summed E-state index contributed by atoms with van der Waals surface area (Å²) in [4.78, 5) is 23.0. The van der Waals surface area contributed by atoms with Crippen LogP contribution < -0.4 is 4.90 Å². The van der Waals surface area contributed by atoms with Crippen LogP contribution in [0.2, 0.25) is 0 Å². The van der Waals surface area contributed by atoms with Gasteiger partial charge in [-0.1, -0.05) is 31.2 Å². The summed E-state index contributed by atoms with van der Waals surface area (Å²) in [7, 11) is 0. The number of para-hydroxylation sites is 1. The molecule has 2 aliphatic heterocycles. The Bertz CT molecular complexity index is 1090. The maximum absolute atomic E-state index is 13.3. The fourth-order valence-electron chi connectivity index (χ4n) is 5.05. The normalized spacial score (nSPS) is 22.0. The first-order valence-corrected chi connectivity index (χ1v) is 13.0. The molecule has 5 nitrogen and oxygen atoms in total. The first-order valence-electron chi connectivity index (χ1n) is 12.2. The second-order valence-electron chi connectivity index (χ2n) is 9.47. The molecule has 0 N–H and O–H groups in total. The predicted molar refractivity (Wildman–Crippen MR) is 144 cm³/mol. The number of carbonyl (C=O) groups excluding carboxylic acids is 1. The number of rotatable bonds is 7. The first kappa shape index (κ1) is 24.6. The lowest BCUT2D eigenvalue weighted by Crippen LogP contribution is -2.48. The Balaban J connectivity index is 1.65. The van der Waals surface area contributed by atoms with Crippen LogP contribution in [0.25, 0.3) is 6.08 Å². The van der Waals surface area contributed by atoms with Crippen molar-refractivity contribution in [2.24, 2.45) is 4.99 Å². The number of aliphatic imine (C=N–C) groups is 1. The minimum absolute atomic E-state index is 0.0125. The van der Waals surface area contributed by atoms with E-state index in [-0.39, 0.29) is 11.4 Å². The summed E-state index contributed by atoms with van der Waals surface area (Å²) >= 11 is 1.44. The van der Waals surface area contributed by atoms with Gasteiger partial charge < -0.3 is 9.64 Å². The van der Waals surface area contributed by atoms with Gasteiger partial charge in [-0.05, 0) is 93.3 Å². The number of thioether (sulfide) groups is 1. The van der Waals surface area contributed by atoms with Crippen molar-refractivity contribution in [2.45, 2.75) is 52.5 Å². The van der Waals surface area contributed by atoms with Crippen molar-refractivity contribution in [3.05, 3.63) is 64.6 Å². The molecule has 0 spiro atoms. The van der Waals surface area contributed by atoms with Gasteiger partial charge in [-0.3, -0.25) is 9.69 Å². The van der Waals surface area contributed by atoms with Crippen LogP contribution in [0.4, 0.5) is 11.4 Å². The lowest BCUT2D eigenvalue weighted by Gasteiger charge is -2.47. The Morgan fingerprint density at radius 3 is 2.65 bits per heavy atom. The minimum Gasteiger partial charge on any atom is -0.380 e. The number of hydrogen-bond acceptors (Lipinski definition) is 5. The summed E-state index contributed by atoms with van der Waals surface area (Å²) in [5, 5.41) is 0.701. The highest BCUT2D eigenvalue weighted by Gasteiger charge is 2.36. The highest BCUT2D eigenvalue weighted by atomic mass is 32.2. The number of nitrogens with zero attached hydrogens (tertiary/aromatic N) is 3. The molecule has 1 fully saturated rings. The quantitative estimate of drug-likeness (QED) is 0.340. The fourth-order valence-corrected chi connectivity index (χ4v) is 6.07. The topological polar surface area (TPSA) is 45.1 Å². The maximum atomic E-state index is 13.3. The van der Waals surface area contributed by atoms with Gasteiger partial charge in [0.15, 0.2) is 5.17 Å². The van der Waals surface area contributed by atoms with E-state index in [1.54, 1.807) is 4.90 Å². The highest BCUT2D eigenvalue weighted by molar-refractivity contribution is 8.18. The fraction of sp³-hybridized carbons (Fsp3) is 0.429. The Morgan fingerprint density at radius 1 is 1.18 bits per heavy atom. The molecule has 1 saturated heterocycles. The number of hydrogen-bond donors (Lipinski definition) is 0. The lowest BCUT2D eigenvalue weighted by atomic mass is 9.79. The molecule has 1 amide bonds. The van der Waals surface area contributed by atoms with E-state index < -0.39 is 0 Å². The van der Waals surface area contributed by atoms with E-state index in [2.05, 4.69) is 50.8 Å². The van der Waals surface area contributed by atoms with Crippen LogP contribution in [-0.4, -0.2) is 47.8 Å². The molecule has 0 aliphatic carbocycles. The molecule has 2 heterocycles. The second-order valence-corrected chi connectivity index (χ2v) is 10.5. The molecule has 6 heteroatoms. The van der Waals surface area contributed by atoms with Crippen molar-refractivity contribution in [1.29, 1.82) is 0 Å². The van der Waals surface area contributed by atoms with Crippen LogP contribution in [0, 0.1) is 0 Å². The molecule has 34 heavy (non-hydrogen) atoms. The first-order chi connectivity index (χ1) is 16.3. The predicted octanol–water partition coefficient (Wildman–Crippen LogP) is 6.44. The van der Waals surface area contributed by atoms with Crippen molar-refractivity contribution in [3.8, 4) is 0 Å². The smallest absolute Gasteiger partial charge is 0.266 e. The SMILES string of the molecule is CCOCCN1C(=O)/C(=C\c2ccc3c(c2)C(C)CC(C)(C)N3CC)SC1=Nc1ccccc1. The van der Waals surface area contributed by atoms with Gasteiger partial charge in [-0.15, -0.1) is 0 Å². The van der Waals surface area contributed by atoms with E-state index in [1.807, 2.05) is 43.3 Å². The van der Waals surface area contributed by atoms with Crippen molar-refractivity contribution >= 4 is 40.3 Å². The largest absolute Gasteiger partial charge is 0.380 e. The van der Waals surface area contributed by atoms with Crippen LogP contribution in [0.15, 0.2) is 58.4 Å². The third-order valence-corrected chi connectivity index (χ3v) is 7.56. The Kier molecular flexibility index (Phi) is 7.48. The average molecular weight is 478 g/mol. The van der Waals surface area contributed by atoms with Gasteiger partial charge in [0.05, 0.1) is 23.7 Å². The molecule has 1 unspecified atom stereocenters. The van der Waals surface area contributed by atoms with Gasteiger partial charge in [-0.25, -0.2) is 4.99 Å². The van der Waals surface area contributed by atoms with Crippen LogP contribution in [-0.2, 0) is 9.53 Å². The summed E-state index contributed by atoms with van der Waals surface area (Å²) < 4.78 is 5.53. The summed E-state index contributed by atoms with van der Waals surface area (Å²) in [5.41, 5.74) is 4.71. The van der Waals surface area contributed by atoms with Gasteiger partial charge in [0.1, 0.15) is 0 Å². The third-order valence-electron chi connectivity index (χ3n) is 6.56. The number of anilines is 1. The van der Waals surface area contributed by atoms with Gasteiger partial charge >= 0.3 is 0 Å². The van der Waals surface area contributed by atoms with Crippen molar-refractivity contribution in [2.75, 3.05) is 31.2 Å². The van der Waals surface area contributed by atoms with Gasteiger partial charge in [0.2, 0.25) is 0 Å². The van der Waals surface area contributed by atoms with Crippen molar-refractivity contribution in [3.63, 3.8) is 0 Å². The lowest BCUT2D eigenvalue weighted by molar-refractivity contribution is -0.122. The average Bonchev–Trinajstić information content (AvgIpc) is 3.09. The molecule has 0 radical (unpaired) electrons. The van der Waals surface area contributed by atoms with E-state index in [4.69, 9.17) is 9.73 Å². The highest BCUT2D eigenvalue weighted by Crippen LogP contribution is 2.44. The Labute approximate surface area is 207 Å². The molecule has 2 aromatic rings. The van der Waals surface area contributed by atoms with Crippen molar-refractivity contribution in [1.82, 2.24) is 4.90 Å². The zero-order chi connectivity index (χ0) is 24.3. The second kappa shape index (κ2) is 10.4. The third kappa shape index (κ3) is 5.08.